The second-order valence-corrected chi connectivity index (χ2v) is 6.12. The van der Waals surface area contributed by atoms with Crippen molar-refractivity contribution in [3.63, 3.8) is 0 Å². The third-order valence-electron chi connectivity index (χ3n) is 4.18. The van der Waals surface area contributed by atoms with Gasteiger partial charge in [0, 0.05) is 11.6 Å². The Kier molecular flexibility index (Phi) is 4.86. The molecule has 1 amide bonds. The van der Waals surface area contributed by atoms with Crippen LogP contribution in [0.5, 0.6) is 0 Å². The van der Waals surface area contributed by atoms with Crippen LogP contribution < -0.4 is 10.6 Å². The maximum atomic E-state index is 12.2. The Balaban J connectivity index is 1.59. The van der Waals surface area contributed by atoms with Gasteiger partial charge in [-0.25, -0.2) is 0 Å². The van der Waals surface area contributed by atoms with Crippen LogP contribution in [0.25, 0.3) is 0 Å². The SMILES string of the molecule is Cc1cccc(Nc2ccc(NC(=O)C3CCCCC3)nn2)c1. The Bertz CT molecular complexity index is 663. The van der Waals surface area contributed by atoms with Gasteiger partial charge in [0.05, 0.1) is 0 Å². The molecule has 0 radical (unpaired) electrons. The summed E-state index contributed by atoms with van der Waals surface area (Å²) in [6.45, 7) is 2.04. The van der Waals surface area contributed by atoms with Crippen molar-refractivity contribution >= 4 is 23.2 Å². The van der Waals surface area contributed by atoms with E-state index in [-0.39, 0.29) is 11.8 Å². The molecular formula is C18H22N4O. The summed E-state index contributed by atoms with van der Waals surface area (Å²) in [6.07, 6.45) is 5.48. The molecule has 5 nitrogen and oxygen atoms in total. The van der Waals surface area contributed by atoms with E-state index in [0.29, 0.717) is 11.6 Å². The molecule has 0 bridgehead atoms. The maximum Gasteiger partial charge on any atom is 0.228 e. The molecular weight excluding hydrogens is 288 g/mol. The van der Waals surface area contributed by atoms with Gasteiger partial charge >= 0.3 is 0 Å². The summed E-state index contributed by atoms with van der Waals surface area (Å²) >= 11 is 0. The topological polar surface area (TPSA) is 66.9 Å². The summed E-state index contributed by atoms with van der Waals surface area (Å²) in [7, 11) is 0. The minimum Gasteiger partial charge on any atom is -0.339 e. The highest BCUT2D eigenvalue weighted by molar-refractivity contribution is 5.91. The lowest BCUT2D eigenvalue weighted by molar-refractivity contribution is -0.120. The van der Waals surface area contributed by atoms with Gasteiger partial charge in [0.15, 0.2) is 11.6 Å². The van der Waals surface area contributed by atoms with Crippen molar-refractivity contribution < 1.29 is 4.79 Å². The smallest absolute Gasteiger partial charge is 0.228 e. The summed E-state index contributed by atoms with van der Waals surface area (Å²) < 4.78 is 0. The van der Waals surface area contributed by atoms with Crippen molar-refractivity contribution in [2.24, 2.45) is 5.92 Å². The molecule has 23 heavy (non-hydrogen) atoms. The van der Waals surface area contributed by atoms with Gasteiger partial charge in [0.1, 0.15) is 0 Å². The number of aromatic nitrogens is 2. The van der Waals surface area contributed by atoms with Gasteiger partial charge in [-0.2, -0.15) is 0 Å². The highest BCUT2D eigenvalue weighted by Gasteiger charge is 2.21. The van der Waals surface area contributed by atoms with E-state index in [2.05, 4.69) is 20.8 Å². The molecule has 1 heterocycles. The van der Waals surface area contributed by atoms with E-state index in [1.165, 1.54) is 12.0 Å². The van der Waals surface area contributed by atoms with Crippen LogP contribution in [0.4, 0.5) is 17.3 Å². The Morgan fingerprint density at radius 3 is 2.48 bits per heavy atom. The molecule has 2 N–H and O–H groups in total. The summed E-state index contributed by atoms with van der Waals surface area (Å²) in [4.78, 5) is 12.2. The van der Waals surface area contributed by atoms with E-state index in [4.69, 9.17) is 0 Å². The number of benzene rings is 1. The fourth-order valence-corrected chi connectivity index (χ4v) is 2.93. The first-order valence-corrected chi connectivity index (χ1v) is 8.19. The number of aryl methyl sites for hydroxylation is 1. The molecule has 1 fully saturated rings. The molecule has 1 aromatic heterocycles. The van der Waals surface area contributed by atoms with E-state index < -0.39 is 0 Å². The van der Waals surface area contributed by atoms with E-state index in [0.717, 1.165) is 31.4 Å². The molecule has 3 rings (SSSR count). The van der Waals surface area contributed by atoms with Gasteiger partial charge < -0.3 is 10.6 Å². The first-order chi connectivity index (χ1) is 11.2. The van der Waals surface area contributed by atoms with E-state index in [1.807, 2.05) is 37.3 Å². The summed E-state index contributed by atoms with van der Waals surface area (Å²) in [6, 6.07) is 11.7. The fourth-order valence-electron chi connectivity index (χ4n) is 2.93. The quantitative estimate of drug-likeness (QED) is 0.894. The zero-order chi connectivity index (χ0) is 16.1. The summed E-state index contributed by atoms with van der Waals surface area (Å²) in [5.41, 5.74) is 2.15. The van der Waals surface area contributed by atoms with Crippen LogP contribution in [0.15, 0.2) is 36.4 Å². The van der Waals surface area contributed by atoms with Crippen LogP contribution in [-0.2, 0) is 4.79 Å². The Hall–Kier alpha value is -2.43. The van der Waals surface area contributed by atoms with Crippen LogP contribution in [-0.4, -0.2) is 16.1 Å². The number of anilines is 3. The van der Waals surface area contributed by atoms with Gasteiger partial charge in [-0.15, -0.1) is 10.2 Å². The third kappa shape index (κ3) is 4.28. The van der Waals surface area contributed by atoms with E-state index in [9.17, 15) is 4.79 Å². The van der Waals surface area contributed by atoms with Gasteiger partial charge in [-0.3, -0.25) is 4.79 Å². The zero-order valence-corrected chi connectivity index (χ0v) is 13.4. The predicted molar refractivity (Wildman–Crippen MR) is 91.7 cm³/mol. The minimum absolute atomic E-state index is 0.0680. The van der Waals surface area contributed by atoms with Crippen molar-refractivity contribution in [3.05, 3.63) is 42.0 Å². The summed E-state index contributed by atoms with van der Waals surface area (Å²) in [5.74, 6) is 1.36. The number of amides is 1. The predicted octanol–water partition coefficient (Wildman–Crippen LogP) is 4.05. The second-order valence-electron chi connectivity index (χ2n) is 6.12. The molecule has 0 unspecified atom stereocenters. The molecule has 2 aromatic rings. The molecule has 1 saturated carbocycles. The Morgan fingerprint density at radius 2 is 1.78 bits per heavy atom. The van der Waals surface area contributed by atoms with E-state index in [1.54, 1.807) is 6.07 Å². The number of nitrogens with one attached hydrogen (secondary N) is 2. The fraction of sp³-hybridized carbons (Fsp3) is 0.389. The average molecular weight is 310 g/mol. The van der Waals surface area contributed by atoms with Gasteiger partial charge in [0.25, 0.3) is 0 Å². The van der Waals surface area contributed by atoms with Crippen molar-refractivity contribution in [1.82, 2.24) is 10.2 Å². The first kappa shape index (κ1) is 15.5. The molecule has 120 valence electrons. The highest BCUT2D eigenvalue weighted by Crippen LogP contribution is 2.24. The number of hydrogen-bond donors (Lipinski definition) is 2. The third-order valence-corrected chi connectivity index (χ3v) is 4.18. The van der Waals surface area contributed by atoms with Crippen molar-refractivity contribution in [2.75, 3.05) is 10.6 Å². The normalized spacial score (nSPS) is 15.2. The number of rotatable bonds is 4. The lowest BCUT2D eigenvalue weighted by Crippen LogP contribution is -2.25. The molecule has 0 atom stereocenters. The van der Waals surface area contributed by atoms with Crippen LogP contribution >= 0.6 is 0 Å². The van der Waals surface area contributed by atoms with Crippen LogP contribution in [0.1, 0.15) is 37.7 Å². The number of hydrogen-bond acceptors (Lipinski definition) is 4. The van der Waals surface area contributed by atoms with Crippen molar-refractivity contribution in [1.29, 1.82) is 0 Å². The van der Waals surface area contributed by atoms with Crippen LogP contribution in [0.3, 0.4) is 0 Å². The molecule has 5 heteroatoms. The number of carbonyl (C=O) groups excluding carboxylic acids is 1. The Labute approximate surface area is 136 Å². The molecule has 1 aromatic carbocycles. The first-order valence-electron chi connectivity index (χ1n) is 8.19. The lowest BCUT2D eigenvalue weighted by atomic mass is 9.89. The summed E-state index contributed by atoms with van der Waals surface area (Å²) in [5, 5.41) is 14.3. The second kappa shape index (κ2) is 7.22. The highest BCUT2D eigenvalue weighted by atomic mass is 16.1. The number of nitrogens with zero attached hydrogens (tertiary/aromatic N) is 2. The molecule has 1 aliphatic rings. The minimum atomic E-state index is 0.0680. The maximum absolute atomic E-state index is 12.2. The monoisotopic (exact) mass is 310 g/mol. The van der Waals surface area contributed by atoms with Crippen LogP contribution in [0.2, 0.25) is 0 Å². The van der Waals surface area contributed by atoms with Gasteiger partial charge in [0.2, 0.25) is 5.91 Å². The van der Waals surface area contributed by atoms with E-state index >= 15 is 0 Å². The average Bonchev–Trinajstić information content (AvgIpc) is 2.57. The Morgan fingerprint density at radius 1 is 1.04 bits per heavy atom. The molecule has 1 aliphatic carbocycles. The van der Waals surface area contributed by atoms with Gasteiger partial charge in [-0.05, 0) is 49.6 Å². The van der Waals surface area contributed by atoms with Crippen LogP contribution in [0, 0.1) is 12.8 Å². The molecule has 0 saturated heterocycles. The van der Waals surface area contributed by atoms with Crippen molar-refractivity contribution in [3.8, 4) is 0 Å². The largest absolute Gasteiger partial charge is 0.339 e. The number of carbonyl (C=O) groups is 1. The van der Waals surface area contributed by atoms with Gasteiger partial charge in [-0.1, -0.05) is 31.4 Å². The zero-order valence-electron chi connectivity index (χ0n) is 13.4. The molecule has 0 spiro atoms. The standard InChI is InChI=1S/C18H22N4O/c1-13-6-5-9-15(12-13)19-16-10-11-17(22-21-16)20-18(23)14-7-3-2-4-8-14/h5-6,9-12,14H,2-4,7-8H2,1H3,(H,19,21)(H,20,22,23). The lowest BCUT2D eigenvalue weighted by Gasteiger charge is -2.20. The van der Waals surface area contributed by atoms with Crippen molar-refractivity contribution in [2.45, 2.75) is 39.0 Å². The molecule has 0 aliphatic heterocycles.